The molecule has 0 heterocycles. The molecule has 0 aliphatic heterocycles. The van der Waals surface area contributed by atoms with Gasteiger partial charge in [0, 0.05) is 17.7 Å². The minimum atomic E-state index is -0.477. The minimum Gasteiger partial charge on any atom is -0.293 e. The maximum absolute atomic E-state index is 11.5. The first-order valence-electron chi connectivity index (χ1n) is 4.50. The van der Waals surface area contributed by atoms with Crippen LogP contribution in [-0.4, -0.2) is 22.2 Å². The van der Waals surface area contributed by atoms with E-state index in [-0.39, 0.29) is 11.5 Å². The van der Waals surface area contributed by atoms with Crippen LogP contribution in [0.15, 0.2) is 24.3 Å². The average Bonchev–Trinajstić information content (AvgIpc) is 2.26. The molecule has 4 nitrogen and oxygen atoms in total. The number of rotatable bonds is 5. The zero-order valence-corrected chi connectivity index (χ0v) is 9.12. The second-order valence-electron chi connectivity index (χ2n) is 2.86. The highest BCUT2D eigenvalue weighted by Crippen LogP contribution is 2.13. The Morgan fingerprint density at radius 2 is 2.00 bits per heavy atom. The van der Waals surface area contributed by atoms with E-state index in [0.29, 0.717) is 11.3 Å². The minimum absolute atomic E-state index is 0.00898. The third kappa shape index (κ3) is 3.36. The molecule has 1 aromatic carbocycles. The van der Waals surface area contributed by atoms with Crippen LogP contribution in [-0.2, 0) is 0 Å². The zero-order chi connectivity index (χ0) is 11.3. The topological polar surface area (TPSA) is 60.2 Å². The van der Waals surface area contributed by atoms with Gasteiger partial charge in [-0.1, -0.05) is 6.92 Å². The first-order valence-corrected chi connectivity index (χ1v) is 5.66. The lowest BCUT2D eigenvalue weighted by atomic mass is 10.1. The molecule has 0 amide bonds. The lowest BCUT2D eigenvalue weighted by Gasteiger charge is -1.99. The van der Waals surface area contributed by atoms with E-state index in [1.165, 1.54) is 36.0 Å². The van der Waals surface area contributed by atoms with Crippen molar-refractivity contribution in [1.82, 2.24) is 0 Å². The van der Waals surface area contributed by atoms with E-state index in [4.69, 9.17) is 0 Å². The van der Waals surface area contributed by atoms with Gasteiger partial charge >= 0.3 is 0 Å². The van der Waals surface area contributed by atoms with Gasteiger partial charge in [0.05, 0.1) is 10.7 Å². The molecule has 15 heavy (non-hydrogen) atoms. The number of non-ortho nitro benzene ring substituents is 1. The van der Waals surface area contributed by atoms with Crippen molar-refractivity contribution in [1.29, 1.82) is 0 Å². The van der Waals surface area contributed by atoms with Crippen molar-refractivity contribution in [2.24, 2.45) is 0 Å². The third-order valence-corrected chi connectivity index (χ3v) is 2.71. The summed E-state index contributed by atoms with van der Waals surface area (Å²) in [4.78, 5) is 21.4. The van der Waals surface area contributed by atoms with E-state index >= 15 is 0 Å². The van der Waals surface area contributed by atoms with E-state index in [0.717, 1.165) is 5.75 Å². The van der Waals surface area contributed by atoms with Crippen LogP contribution in [0.3, 0.4) is 0 Å². The molecule has 80 valence electrons. The molecule has 0 fully saturated rings. The van der Waals surface area contributed by atoms with Crippen LogP contribution >= 0.6 is 11.8 Å². The van der Waals surface area contributed by atoms with Gasteiger partial charge in [0.15, 0.2) is 5.78 Å². The molecule has 0 aromatic heterocycles. The molecule has 0 unspecified atom stereocenters. The number of carbonyl (C=O) groups excluding carboxylic acids is 1. The average molecular weight is 225 g/mol. The van der Waals surface area contributed by atoms with Crippen molar-refractivity contribution in [3.63, 3.8) is 0 Å². The van der Waals surface area contributed by atoms with E-state index in [9.17, 15) is 14.9 Å². The summed E-state index contributed by atoms with van der Waals surface area (Å²) < 4.78 is 0. The second kappa shape index (κ2) is 5.50. The number of benzene rings is 1. The summed E-state index contributed by atoms with van der Waals surface area (Å²) in [6, 6.07) is 5.70. The van der Waals surface area contributed by atoms with Crippen molar-refractivity contribution in [2.45, 2.75) is 6.92 Å². The molecule has 0 spiro atoms. The van der Waals surface area contributed by atoms with Crippen molar-refractivity contribution < 1.29 is 9.72 Å². The van der Waals surface area contributed by atoms with Crippen LogP contribution in [0, 0.1) is 10.1 Å². The summed E-state index contributed by atoms with van der Waals surface area (Å²) in [6.07, 6.45) is 0. The molecular weight excluding hydrogens is 214 g/mol. The number of hydrogen-bond donors (Lipinski definition) is 0. The summed E-state index contributed by atoms with van der Waals surface area (Å²) in [5.74, 6) is 1.32. The van der Waals surface area contributed by atoms with Gasteiger partial charge in [-0.2, -0.15) is 11.8 Å². The first kappa shape index (κ1) is 11.7. The molecule has 5 heteroatoms. The molecule has 0 radical (unpaired) electrons. The molecule has 0 atom stereocenters. The Morgan fingerprint density at radius 3 is 2.47 bits per heavy atom. The van der Waals surface area contributed by atoms with Gasteiger partial charge in [-0.15, -0.1) is 0 Å². The van der Waals surface area contributed by atoms with Crippen LogP contribution in [0.5, 0.6) is 0 Å². The number of ketones is 1. The lowest BCUT2D eigenvalue weighted by Crippen LogP contribution is -2.02. The Morgan fingerprint density at radius 1 is 1.40 bits per heavy atom. The summed E-state index contributed by atoms with van der Waals surface area (Å²) in [5, 5.41) is 10.4. The standard InChI is InChI=1S/C10H11NO3S/c1-2-15-7-10(12)8-3-5-9(6-4-8)11(13)14/h3-6H,2,7H2,1H3. The molecule has 1 rings (SSSR count). The predicted molar refractivity (Wildman–Crippen MR) is 60.4 cm³/mol. The van der Waals surface area contributed by atoms with E-state index < -0.39 is 4.92 Å². The summed E-state index contributed by atoms with van der Waals surface area (Å²) >= 11 is 1.54. The van der Waals surface area contributed by atoms with Gasteiger partial charge in [-0.05, 0) is 17.9 Å². The second-order valence-corrected chi connectivity index (χ2v) is 4.14. The molecule has 0 aliphatic rings. The highest BCUT2D eigenvalue weighted by Gasteiger charge is 2.08. The molecule has 0 aliphatic carbocycles. The van der Waals surface area contributed by atoms with Crippen molar-refractivity contribution in [3.8, 4) is 0 Å². The number of nitro groups is 1. The van der Waals surface area contributed by atoms with Crippen LogP contribution in [0.25, 0.3) is 0 Å². The number of carbonyl (C=O) groups is 1. The maximum Gasteiger partial charge on any atom is 0.269 e. The molecule has 0 saturated carbocycles. The fourth-order valence-corrected chi connectivity index (χ4v) is 1.60. The number of nitro benzene ring substituents is 1. The fraction of sp³-hybridized carbons (Fsp3) is 0.300. The number of hydrogen-bond acceptors (Lipinski definition) is 4. The van der Waals surface area contributed by atoms with E-state index in [1.54, 1.807) is 0 Å². The highest BCUT2D eigenvalue weighted by atomic mass is 32.2. The number of thioether (sulfide) groups is 1. The van der Waals surface area contributed by atoms with E-state index in [1.807, 2.05) is 6.92 Å². The zero-order valence-electron chi connectivity index (χ0n) is 8.30. The monoisotopic (exact) mass is 225 g/mol. The van der Waals surface area contributed by atoms with Crippen LogP contribution < -0.4 is 0 Å². The normalized spacial score (nSPS) is 9.93. The molecule has 0 N–H and O–H groups in total. The summed E-state index contributed by atoms with van der Waals surface area (Å²) in [7, 11) is 0. The molecule has 1 aromatic rings. The molecular formula is C10H11NO3S. The van der Waals surface area contributed by atoms with Gasteiger partial charge in [0.25, 0.3) is 5.69 Å². The summed E-state index contributed by atoms with van der Waals surface area (Å²) in [6.45, 7) is 1.98. The predicted octanol–water partition coefficient (Wildman–Crippen LogP) is 2.53. The number of Topliss-reactive ketones (excluding diaryl/α,β-unsaturated/α-hetero) is 1. The van der Waals surface area contributed by atoms with Crippen LogP contribution in [0.2, 0.25) is 0 Å². The first-order chi connectivity index (χ1) is 7.15. The van der Waals surface area contributed by atoms with Gasteiger partial charge in [-0.3, -0.25) is 14.9 Å². The van der Waals surface area contributed by atoms with Crippen molar-refractivity contribution in [3.05, 3.63) is 39.9 Å². The van der Waals surface area contributed by atoms with E-state index in [2.05, 4.69) is 0 Å². The quantitative estimate of drug-likeness (QED) is 0.439. The van der Waals surface area contributed by atoms with Gasteiger partial charge in [0.2, 0.25) is 0 Å². The maximum atomic E-state index is 11.5. The molecule has 0 bridgehead atoms. The Hall–Kier alpha value is -1.36. The van der Waals surface area contributed by atoms with Crippen molar-refractivity contribution >= 4 is 23.2 Å². The Bertz CT molecular complexity index is 361. The van der Waals surface area contributed by atoms with Gasteiger partial charge in [0.1, 0.15) is 0 Å². The third-order valence-electron chi connectivity index (χ3n) is 1.84. The largest absolute Gasteiger partial charge is 0.293 e. The summed E-state index contributed by atoms with van der Waals surface area (Å²) in [5.41, 5.74) is 0.538. The SMILES string of the molecule is CCSCC(=O)c1ccc([N+](=O)[O-])cc1. The van der Waals surface area contributed by atoms with Crippen LogP contribution in [0.4, 0.5) is 5.69 Å². The number of nitrogens with zero attached hydrogens (tertiary/aromatic N) is 1. The Kier molecular flexibility index (Phi) is 4.30. The van der Waals surface area contributed by atoms with Gasteiger partial charge in [-0.25, -0.2) is 0 Å². The smallest absolute Gasteiger partial charge is 0.269 e. The van der Waals surface area contributed by atoms with Gasteiger partial charge < -0.3 is 0 Å². The van der Waals surface area contributed by atoms with Crippen LogP contribution in [0.1, 0.15) is 17.3 Å². The fourth-order valence-electron chi connectivity index (χ4n) is 1.05. The molecule has 0 saturated heterocycles. The van der Waals surface area contributed by atoms with Crippen molar-refractivity contribution in [2.75, 3.05) is 11.5 Å². The lowest BCUT2D eigenvalue weighted by molar-refractivity contribution is -0.384. The highest BCUT2D eigenvalue weighted by molar-refractivity contribution is 7.99. The Labute approximate surface area is 91.8 Å². The Balaban J connectivity index is 2.71.